The molecule has 1 aliphatic heterocycles. The Kier molecular flexibility index (Phi) is 4.59. The second-order valence-electron chi connectivity index (χ2n) is 5.55. The van der Waals surface area contributed by atoms with E-state index < -0.39 is 0 Å². The van der Waals surface area contributed by atoms with E-state index >= 15 is 0 Å². The minimum absolute atomic E-state index is 0.446. The van der Waals surface area contributed by atoms with Crippen LogP contribution in [0.2, 0.25) is 0 Å². The molecule has 0 aromatic carbocycles. The molecule has 0 amide bonds. The number of nitrogens with one attached hydrogen (secondary N) is 1. The summed E-state index contributed by atoms with van der Waals surface area (Å²) >= 11 is 1.51. The van der Waals surface area contributed by atoms with Gasteiger partial charge in [-0.1, -0.05) is 6.92 Å². The lowest BCUT2D eigenvalue weighted by atomic mass is 9.80. The van der Waals surface area contributed by atoms with E-state index in [1.807, 2.05) is 6.07 Å². The predicted octanol–water partition coefficient (Wildman–Crippen LogP) is 1.97. The Morgan fingerprint density at radius 2 is 2.22 bits per heavy atom. The summed E-state index contributed by atoms with van der Waals surface area (Å²) in [5, 5.41) is 3.56. The van der Waals surface area contributed by atoms with Crippen LogP contribution < -0.4 is 10.1 Å². The second kappa shape index (κ2) is 5.99. The number of likely N-dealkylation sites (tertiary alicyclic amines) is 1. The van der Waals surface area contributed by atoms with Gasteiger partial charge in [0, 0.05) is 24.0 Å². The number of nitrogens with zero attached hydrogens (tertiary/aromatic N) is 2. The topological polar surface area (TPSA) is 37.4 Å². The maximum absolute atomic E-state index is 5.09. The van der Waals surface area contributed by atoms with E-state index in [-0.39, 0.29) is 0 Å². The molecule has 1 fully saturated rings. The van der Waals surface area contributed by atoms with Crippen molar-refractivity contribution in [3.05, 3.63) is 10.9 Å². The lowest BCUT2D eigenvalue weighted by molar-refractivity contribution is 0.137. The lowest BCUT2D eigenvalue weighted by Crippen LogP contribution is -2.41. The zero-order chi connectivity index (χ0) is 13.0. The summed E-state index contributed by atoms with van der Waals surface area (Å²) in [6, 6.07) is 2.01. The van der Waals surface area contributed by atoms with Gasteiger partial charge in [0.2, 0.25) is 5.88 Å². The third kappa shape index (κ3) is 3.67. The van der Waals surface area contributed by atoms with Gasteiger partial charge in [0.15, 0.2) is 0 Å². The Morgan fingerprint density at radius 1 is 1.50 bits per heavy atom. The molecule has 2 rings (SSSR count). The van der Waals surface area contributed by atoms with Crippen LogP contribution in [-0.4, -0.2) is 43.1 Å². The van der Waals surface area contributed by atoms with Gasteiger partial charge < -0.3 is 15.0 Å². The molecular formula is C13H23N3OS. The molecule has 0 atom stereocenters. The molecule has 0 saturated carbocycles. The summed E-state index contributed by atoms with van der Waals surface area (Å²) in [4.78, 5) is 3.65. The van der Waals surface area contributed by atoms with E-state index in [1.165, 1.54) is 42.3 Å². The van der Waals surface area contributed by atoms with Crippen molar-refractivity contribution < 1.29 is 4.74 Å². The molecule has 102 valence electrons. The number of piperidine rings is 1. The van der Waals surface area contributed by atoms with Crippen LogP contribution in [0, 0.1) is 5.41 Å². The fourth-order valence-electron chi connectivity index (χ4n) is 2.30. The van der Waals surface area contributed by atoms with Crippen molar-refractivity contribution in [1.29, 1.82) is 0 Å². The third-order valence-electron chi connectivity index (χ3n) is 3.79. The summed E-state index contributed by atoms with van der Waals surface area (Å²) in [5.41, 5.74) is 0.446. The van der Waals surface area contributed by atoms with Gasteiger partial charge in [-0.15, -0.1) is 0 Å². The van der Waals surface area contributed by atoms with Crippen LogP contribution in [-0.2, 0) is 6.54 Å². The summed E-state index contributed by atoms with van der Waals surface area (Å²) in [5.74, 6) is 0.724. The summed E-state index contributed by atoms with van der Waals surface area (Å²) < 4.78 is 9.29. The quantitative estimate of drug-likeness (QED) is 0.887. The minimum Gasteiger partial charge on any atom is -0.480 e. The third-order valence-corrected chi connectivity index (χ3v) is 4.56. The second-order valence-corrected chi connectivity index (χ2v) is 6.44. The SMILES string of the molecule is COc1cc(CNCC2(C)CCN(C)CC2)sn1. The standard InChI is InChI=1S/C13H23N3OS/c1-13(4-6-16(2)7-5-13)10-14-9-11-8-12(17-3)15-18-11/h8,14H,4-7,9-10H2,1-3H3. The first-order chi connectivity index (χ1) is 8.61. The smallest absolute Gasteiger partial charge is 0.225 e. The van der Waals surface area contributed by atoms with Crippen molar-refractivity contribution in [2.24, 2.45) is 5.41 Å². The molecule has 0 unspecified atom stereocenters. The van der Waals surface area contributed by atoms with Gasteiger partial charge in [-0.05, 0) is 49.9 Å². The number of ether oxygens (including phenoxy) is 1. The summed E-state index contributed by atoms with van der Waals surface area (Å²) in [6.45, 7) is 6.80. The molecule has 1 aromatic rings. The van der Waals surface area contributed by atoms with Gasteiger partial charge in [-0.3, -0.25) is 0 Å². The fraction of sp³-hybridized carbons (Fsp3) is 0.769. The van der Waals surface area contributed by atoms with Crippen molar-refractivity contribution in [1.82, 2.24) is 14.6 Å². The first-order valence-electron chi connectivity index (χ1n) is 6.50. The molecular weight excluding hydrogens is 246 g/mol. The molecule has 0 bridgehead atoms. The van der Waals surface area contributed by atoms with Crippen molar-refractivity contribution in [2.45, 2.75) is 26.3 Å². The van der Waals surface area contributed by atoms with Crippen LogP contribution in [0.15, 0.2) is 6.07 Å². The van der Waals surface area contributed by atoms with Crippen molar-refractivity contribution >= 4 is 11.5 Å². The molecule has 1 aromatic heterocycles. The Labute approximate surface area is 113 Å². The average molecular weight is 269 g/mol. The highest BCUT2D eigenvalue weighted by molar-refractivity contribution is 7.05. The van der Waals surface area contributed by atoms with Gasteiger partial charge >= 0.3 is 0 Å². The molecule has 0 aliphatic carbocycles. The molecule has 4 nitrogen and oxygen atoms in total. The Balaban J connectivity index is 1.74. The van der Waals surface area contributed by atoms with Gasteiger partial charge in [-0.2, -0.15) is 4.37 Å². The van der Waals surface area contributed by atoms with Crippen LogP contribution in [0.4, 0.5) is 0 Å². The predicted molar refractivity (Wildman–Crippen MR) is 75.2 cm³/mol. The molecule has 0 spiro atoms. The van der Waals surface area contributed by atoms with E-state index in [9.17, 15) is 0 Å². The summed E-state index contributed by atoms with van der Waals surface area (Å²) in [7, 11) is 3.86. The molecule has 0 radical (unpaired) electrons. The highest BCUT2D eigenvalue weighted by Crippen LogP contribution is 2.29. The monoisotopic (exact) mass is 269 g/mol. The first kappa shape index (κ1) is 13.8. The van der Waals surface area contributed by atoms with Crippen molar-refractivity contribution in [3.63, 3.8) is 0 Å². The number of hydrogen-bond donors (Lipinski definition) is 1. The van der Waals surface area contributed by atoms with E-state index in [4.69, 9.17) is 4.74 Å². The zero-order valence-corrected chi connectivity index (χ0v) is 12.3. The molecule has 5 heteroatoms. The van der Waals surface area contributed by atoms with Gasteiger partial charge in [0.25, 0.3) is 0 Å². The van der Waals surface area contributed by atoms with Crippen LogP contribution in [0.25, 0.3) is 0 Å². The van der Waals surface area contributed by atoms with Gasteiger partial charge in [-0.25, -0.2) is 0 Å². The van der Waals surface area contributed by atoms with Crippen LogP contribution >= 0.6 is 11.5 Å². The van der Waals surface area contributed by atoms with E-state index in [0.29, 0.717) is 5.41 Å². The molecule has 1 aliphatic rings. The maximum atomic E-state index is 5.09. The van der Waals surface area contributed by atoms with Crippen molar-refractivity contribution in [3.8, 4) is 5.88 Å². The minimum atomic E-state index is 0.446. The lowest BCUT2D eigenvalue weighted by Gasteiger charge is -2.38. The maximum Gasteiger partial charge on any atom is 0.225 e. The highest BCUT2D eigenvalue weighted by Gasteiger charge is 2.28. The van der Waals surface area contributed by atoms with E-state index in [0.717, 1.165) is 19.0 Å². The van der Waals surface area contributed by atoms with Crippen LogP contribution in [0.1, 0.15) is 24.6 Å². The largest absolute Gasteiger partial charge is 0.480 e. The summed E-state index contributed by atoms with van der Waals surface area (Å²) in [6.07, 6.45) is 2.56. The van der Waals surface area contributed by atoms with Crippen molar-refractivity contribution in [2.75, 3.05) is 33.8 Å². The van der Waals surface area contributed by atoms with E-state index in [2.05, 4.69) is 28.6 Å². The molecule has 1 N–H and O–H groups in total. The number of methoxy groups -OCH3 is 1. The number of rotatable bonds is 5. The Morgan fingerprint density at radius 3 is 2.83 bits per heavy atom. The normalized spacial score (nSPS) is 19.9. The first-order valence-corrected chi connectivity index (χ1v) is 7.27. The van der Waals surface area contributed by atoms with Crippen LogP contribution in [0.3, 0.4) is 0 Å². The van der Waals surface area contributed by atoms with Crippen LogP contribution in [0.5, 0.6) is 5.88 Å². The average Bonchev–Trinajstić information content (AvgIpc) is 2.81. The number of hydrogen-bond acceptors (Lipinski definition) is 5. The van der Waals surface area contributed by atoms with Gasteiger partial charge in [0.05, 0.1) is 7.11 Å². The number of aromatic nitrogens is 1. The molecule has 1 saturated heterocycles. The zero-order valence-electron chi connectivity index (χ0n) is 11.5. The van der Waals surface area contributed by atoms with E-state index in [1.54, 1.807) is 7.11 Å². The van der Waals surface area contributed by atoms with Gasteiger partial charge in [0.1, 0.15) is 0 Å². The highest BCUT2D eigenvalue weighted by atomic mass is 32.1. The molecule has 18 heavy (non-hydrogen) atoms. The Hall–Kier alpha value is -0.650. The Bertz CT molecular complexity index is 372. The fourth-order valence-corrected chi connectivity index (χ4v) is 2.95. The molecule has 2 heterocycles.